The molecule has 2 N–H and O–H groups in total. The van der Waals surface area contributed by atoms with Crippen molar-refractivity contribution in [3.05, 3.63) is 18.2 Å². The third kappa shape index (κ3) is 2.87. The van der Waals surface area contributed by atoms with Gasteiger partial charge in [0.15, 0.2) is 0 Å². The quantitative estimate of drug-likeness (QED) is 0.923. The van der Waals surface area contributed by atoms with E-state index in [1.807, 2.05) is 12.5 Å². The van der Waals surface area contributed by atoms with Gasteiger partial charge in [-0.25, -0.2) is 4.98 Å². The van der Waals surface area contributed by atoms with Gasteiger partial charge >= 0.3 is 0 Å². The lowest BCUT2D eigenvalue weighted by atomic mass is 9.89. The summed E-state index contributed by atoms with van der Waals surface area (Å²) in [5.74, 6) is 0. The van der Waals surface area contributed by atoms with Crippen LogP contribution in [0.15, 0.2) is 12.5 Å². The summed E-state index contributed by atoms with van der Waals surface area (Å²) in [5.41, 5.74) is 7.41. The van der Waals surface area contributed by atoms with Crippen LogP contribution in [-0.4, -0.2) is 46.3 Å². The Balaban J connectivity index is 1.86. The molecule has 3 atom stereocenters. The number of hydrogen-bond acceptors (Lipinski definition) is 4. The number of imidazole rings is 1. The molecule has 1 aromatic heterocycles. The van der Waals surface area contributed by atoms with Crippen molar-refractivity contribution in [1.29, 1.82) is 0 Å². The van der Waals surface area contributed by atoms with Gasteiger partial charge in [-0.05, 0) is 26.7 Å². The third-order valence-corrected chi connectivity index (χ3v) is 4.99. The maximum atomic E-state index is 6.16. The fourth-order valence-corrected chi connectivity index (χ4v) is 3.94. The van der Waals surface area contributed by atoms with Gasteiger partial charge in [0.05, 0.1) is 30.8 Å². The lowest BCUT2D eigenvalue weighted by Gasteiger charge is -2.47. The summed E-state index contributed by atoms with van der Waals surface area (Å²) in [6, 6.07) is 1.20. The standard InChI is InChI=1S/C16H28N4O/c1-12(2)20-11-18-10-15(20)14(9-17)19-7-8-21-16-6-4-3-5-13(16)19/h10-14,16H,3-9,17H2,1-2H3. The summed E-state index contributed by atoms with van der Waals surface area (Å²) < 4.78 is 8.25. The van der Waals surface area contributed by atoms with Crippen LogP contribution in [0.2, 0.25) is 0 Å². The number of morpholine rings is 1. The van der Waals surface area contributed by atoms with Crippen LogP contribution in [0.25, 0.3) is 0 Å². The zero-order valence-electron chi connectivity index (χ0n) is 13.2. The lowest BCUT2D eigenvalue weighted by molar-refractivity contribution is -0.103. The van der Waals surface area contributed by atoms with Gasteiger partial charge < -0.3 is 15.0 Å². The second-order valence-corrected chi connectivity index (χ2v) is 6.57. The first-order valence-corrected chi connectivity index (χ1v) is 8.31. The second-order valence-electron chi connectivity index (χ2n) is 6.57. The first kappa shape index (κ1) is 15.0. The highest BCUT2D eigenvalue weighted by Crippen LogP contribution is 2.34. The Morgan fingerprint density at radius 3 is 2.95 bits per heavy atom. The molecule has 1 aliphatic heterocycles. The molecule has 0 radical (unpaired) electrons. The summed E-state index contributed by atoms with van der Waals surface area (Å²) in [6.45, 7) is 6.84. The zero-order valence-corrected chi connectivity index (χ0v) is 13.2. The Labute approximate surface area is 127 Å². The van der Waals surface area contributed by atoms with Crippen LogP contribution >= 0.6 is 0 Å². The summed E-state index contributed by atoms with van der Waals surface area (Å²) in [7, 11) is 0. The first-order chi connectivity index (χ1) is 10.2. The molecular formula is C16H28N4O. The SMILES string of the molecule is CC(C)n1cncc1C(CN)N1CCOC2CCCCC21. The lowest BCUT2D eigenvalue weighted by Crippen LogP contribution is -2.55. The summed E-state index contributed by atoms with van der Waals surface area (Å²) in [6.07, 6.45) is 9.36. The van der Waals surface area contributed by atoms with Crippen molar-refractivity contribution in [3.8, 4) is 0 Å². The summed E-state index contributed by atoms with van der Waals surface area (Å²) in [5, 5.41) is 0. The number of nitrogens with zero attached hydrogens (tertiary/aromatic N) is 3. The molecule has 118 valence electrons. The fourth-order valence-electron chi connectivity index (χ4n) is 3.94. The van der Waals surface area contributed by atoms with E-state index in [1.165, 1.54) is 31.4 Å². The minimum absolute atomic E-state index is 0.254. The molecule has 0 spiro atoms. The second kappa shape index (κ2) is 6.46. The van der Waals surface area contributed by atoms with Crippen molar-refractivity contribution in [2.45, 2.75) is 63.8 Å². The largest absolute Gasteiger partial charge is 0.375 e. The number of nitrogens with two attached hydrogens (primary N) is 1. The maximum absolute atomic E-state index is 6.16. The van der Waals surface area contributed by atoms with Crippen LogP contribution in [0.3, 0.4) is 0 Å². The molecule has 1 saturated carbocycles. The van der Waals surface area contributed by atoms with E-state index in [2.05, 4.69) is 28.3 Å². The smallest absolute Gasteiger partial charge is 0.0951 e. The van der Waals surface area contributed by atoms with Crippen LogP contribution in [0.4, 0.5) is 0 Å². The summed E-state index contributed by atoms with van der Waals surface area (Å²) >= 11 is 0. The van der Waals surface area contributed by atoms with E-state index in [4.69, 9.17) is 10.5 Å². The fraction of sp³-hybridized carbons (Fsp3) is 0.812. The maximum Gasteiger partial charge on any atom is 0.0951 e. The Morgan fingerprint density at radius 2 is 2.19 bits per heavy atom. The number of ether oxygens (including phenoxy) is 1. The molecule has 2 fully saturated rings. The van der Waals surface area contributed by atoms with Crippen LogP contribution in [0.5, 0.6) is 0 Å². The Hall–Kier alpha value is -0.910. The molecule has 0 bridgehead atoms. The molecular weight excluding hydrogens is 264 g/mol. The van der Waals surface area contributed by atoms with E-state index < -0.39 is 0 Å². The van der Waals surface area contributed by atoms with Crippen molar-refractivity contribution in [1.82, 2.24) is 14.5 Å². The molecule has 5 nitrogen and oxygen atoms in total. The molecule has 0 aromatic carbocycles. The normalized spacial score (nSPS) is 28.6. The highest BCUT2D eigenvalue weighted by molar-refractivity contribution is 5.09. The van der Waals surface area contributed by atoms with Crippen LogP contribution < -0.4 is 5.73 Å². The van der Waals surface area contributed by atoms with Gasteiger partial charge in [0.25, 0.3) is 0 Å². The Kier molecular flexibility index (Phi) is 4.62. The topological polar surface area (TPSA) is 56.3 Å². The third-order valence-electron chi connectivity index (χ3n) is 4.99. The summed E-state index contributed by atoms with van der Waals surface area (Å²) in [4.78, 5) is 6.95. The van der Waals surface area contributed by atoms with Crippen molar-refractivity contribution in [2.75, 3.05) is 19.7 Å². The van der Waals surface area contributed by atoms with Gasteiger partial charge in [0.2, 0.25) is 0 Å². The number of hydrogen-bond donors (Lipinski definition) is 1. The van der Waals surface area contributed by atoms with Crippen LogP contribution in [0.1, 0.15) is 57.3 Å². The van der Waals surface area contributed by atoms with Gasteiger partial charge in [0, 0.05) is 31.4 Å². The molecule has 1 aliphatic carbocycles. The van der Waals surface area contributed by atoms with E-state index in [9.17, 15) is 0 Å². The number of rotatable bonds is 4. The van der Waals surface area contributed by atoms with Crippen molar-refractivity contribution in [3.63, 3.8) is 0 Å². The van der Waals surface area contributed by atoms with Crippen molar-refractivity contribution < 1.29 is 4.74 Å². The predicted octanol–water partition coefficient (Wildman–Crippen LogP) is 2.11. The molecule has 3 unspecified atom stereocenters. The number of aromatic nitrogens is 2. The molecule has 21 heavy (non-hydrogen) atoms. The van der Waals surface area contributed by atoms with Crippen LogP contribution in [0, 0.1) is 0 Å². The molecule has 0 amide bonds. The molecule has 5 heteroatoms. The highest BCUT2D eigenvalue weighted by Gasteiger charge is 2.38. The average Bonchev–Trinajstić information content (AvgIpc) is 2.98. The minimum Gasteiger partial charge on any atom is -0.375 e. The first-order valence-electron chi connectivity index (χ1n) is 8.31. The van der Waals surface area contributed by atoms with Gasteiger partial charge in [0.1, 0.15) is 0 Å². The molecule has 1 aromatic rings. The molecule has 2 aliphatic rings. The molecule has 2 heterocycles. The van der Waals surface area contributed by atoms with Gasteiger partial charge in [-0.3, -0.25) is 4.90 Å². The van der Waals surface area contributed by atoms with E-state index in [0.29, 0.717) is 24.7 Å². The van der Waals surface area contributed by atoms with Crippen molar-refractivity contribution in [2.24, 2.45) is 5.73 Å². The van der Waals surface area contributed by atoms with Gasteiger partial charge in [-0.1, -0.05) is 12.8 Å². The molecule has 3 rings (SSSR count). The number of fused-ring (bicyclic) bond motifs is 1. The van der Waals surface area contributed by atoms with Crippen molar-refractivity contribution >= 4 is 0 Å². The monoisotopic (exact) mass is 292 g/mol. The van der Waals surface area contributed by atoms with Crippen LogP contribution in [-0.2, 0) is 4.74 Å². The van der Waals surface area contributed by atoms with E-state index in [1.54, 1.807) is 0 Å². The van der Waals surface area contributed by atoms with E-state index in [-0.39, 0.29) is 6.04 Å². The van der Waals surface area contributed by atoms with Gasteiger partial charge in [-0.15, -0.1) is 0 Å². The Morgan fingerprint density at radius 1 is 1.38 bits per heavy atom. The molecule has 1 saturated heterocycles. The van der Waals surface area contributed by atoms with Gasteiger partial charge in [-0.2, -0.15) is 0 Å². The van der Waals surface area contributed by atoms with E-state index in [0.717, 1.165) is 13.2 Å². The predicted molar refractivity (Wildman–Crippen MR) is 83.1 cm³/mol. The van der Waals surface area contributed by atoms with E-state index >= 15 is 0 Å². The zero-order chi connectivity index (χ0) is 14.8. The highest BCUT2D eigenvalue weighted by atomic mass is 16.5. The average molecular weight is 292 g/mol. The Bertz CT molecular complexity index is 457. The minimum atomic E-state index is 0.254.